The summed E-state index contributed by atoms with van der Waals surface area (Å²) in [6, 6.07) is 12.2. The highest BCUT2D eigenvalue weighted by Crippen LogP contribution is 2.51. The molecule has 33 heavy (non-hydrogen) atoms. The van der Waals surface area contributed by atoms with Crippen molar-refractivity contribution >= 4 is 22.2 Å². The van der Waals surface area contributed by atoms with Crippen LogP contribution < -0.4 is 14.5 Å². The number of methoxy groups -OCH3 is 2. The maximum atomic E-state index is 14.3. The first kappa shape index (κ1) is 21.7. The van der Waals surface area contributed by atoms with Crippen LogP contribution in [0.3, 0.4) is 0 Å². The molecule has 1 aromatic heterocycles. The van der Waals surface area contributed by atoms with Crippen molar-refractivity contribution in [2.24, 2.45) is 11.0 Å². The molecule has 1 aliphatic carbocycles. The van der Waals surface area contributed by atoms with Crippen LogP contribution in [0.2, 0.25) is 0 Å². The Bertz CT molecular complexity index is 1230. The molecule has 6 nitrogen and oxygen atoms in total. The van der Waals surface area contributed by atoms with Gasteiger partial charge < -0.3 is 14.6 Å². The minimum absolute atomic E-state index is 0.0300. The van der Waals surface area contributed by atoms with Gasteiger partial charge in [0.25, 0.3) is 5.72 Å². The summed E-state index contributed by atoms with van der Waals surface area (Å²) in [4.78, 5) is 4.38. The SMILES string of the molecule is COc1ccc(-c2csc(N3N=C4c5ccc(OC)cc5CC[C@H]4[C@@]3(O)C(F)(F)F)n2)cc1. The molecule has 1 N–H and O–H groups in total. The highest BCUT2D eigenvalue weighted by atomic mass is 32.1. The zero-order valence-corrected chi connectivity index (χ0v) is 18.6. The fourth-order valence-electron chi connectivity index (χ4n) is 4.39. The quantitative estimate of drug-likeness (QED) is 0.584. The van der Waals surface area contributed by atoms with E-state index in [0.29, 0.717) is 34.2 Å². The molecule has 0 spiro atoms. The molecule has 0 fully saturated rings. The summed E-state index contributed by atoms with van der Waals surface area (Å²) in [5.41, 5.74) is -0.342. The number of anilines is 1. The first-order valence-corrected chi connectivity index (χ1v) is 11.1. The lowest BCUT2D eigenvalue weighted by molar-refractivity contribution is -0.268. The second kappa shape index (κ2) is 7.74. The Morgan fingerprint density at radius 3 is 2.45 bits per heavy atom. The van der Waals surface area contributed by atoms with Crippen molar-refractivity contribution < 1.29 is 27.8 Å². The highest BCUT2D eigenvalue weighted by molar-refractivity contribution is 7.14. The Labute approximate surface area is 191 Å². The molecule has 10 heteroatoms. The summed E-state index contributed by atoms with van der Waals surface area (Å²) in [6.07, 6.45) is -4.47. The molecular formula is C23H20F3N3O3S. The Morgan fingerprint density at radius 1 is 1.09 bits per heavy atom. The molecule has 0 amide bonds. The molecule has 0 saturated carbocycles. The summed E-state index contributed by atoms with van der Waals surface area (Å²) in [7, 11) is 3.08. The van der Waals surface area contributed by atoms with Crippen LogP contribution in [0, 0.1) is 5.92 Å². The molecule has 2 atom stereocenters. The van der Waals surface area contributed by atoms with Crippen molar-refractivity contribution in [2.45, 2.75) is 24.7 Å². The van der Waals surface area contributed by atoms with Gasteiger partial charge in [0.05, 0.1) is 31.5 Å². The van der Waals surface area contributed by atoms with Gasteiger partial charge in [-0.25, -0.2) is 4.98 Å². The van der Waals surface area contributed by atoms with Gasteiger partial charge in [0.15, 0.2) is 0 Å². The summed E-state index contributed by atoms with van der Waals surface area (Å²) >= 11 is 0.999. The second-order valence-corrected chi connectivity index (χ2v) is 8.72. The summed E-state index contributed by atoms with van der Waals surface area (Å²) in [6.45, 7) is 0. The van der Waals surface area contributed by atoms with E-state index in [-0.39, 0.29) is 17.3 Å². The van der Waals surface area contributed by atoms with E-state index in [1.165, 1.54) is 7.11 Å². The third-order valence-electron chi connectivity index (χ3n) is 6.11. The van der Waals surface area contributed by atoms with E-state index in [1.54, 1.807) is 55.0 Å². The van der Waals surface area contributed by atoms with E-state index in [9.17, 15) is 18.3 Å². The van der Waals surface area contributed by atoms with Crippen molar-refractivity contribution in [1.82, 2.24) is 4.98 Å². The number of aromatic nitrogens is 1. The van der Waals surface area contributed by atoms with E-state index < -0.39 is 17.8 Å². The Balaban J connectivity index is 1.58. The fourth-order valence-corrected chi connectivity index (χ4v) is 5.22. The average Bonchev–Trinajstić information content (AvgIpc) is 3.42. The topological polar surface area (TPSA) is 67.2 Å². The summed E-state index contributed by atoms with van der Waals surface area (Å²) in [5, 5.41) is 17.7. The molecule has 2 aliphatic rings. The molecule has 0 bridgehead atoms. The lowest BCUT2D eigenvalue weighted by Gasteiger charge is -2.38. The van der Waals surface area contributed by atoms with Crippen LogP contribution in [-0.4, -0.2) is 41.9 Å². The maximum Gasteiger partial charge on any atom is 0.439 e. The third kappa shape index (κ3) is 3.36. The van der Waals surface area contributed by atoms with Crippen molar-refractivity contribution in [1.29, 1.82) is 0 Å². The molecular weight excluding hydrogens is 455 g/mol. The summed E-state index contributed by atoms with van der Waals surface area (Å²) < 4.78 is 53.4. The smallest absolute Gasteiger partial charge is 0.439 e. The van der Waals surface area contributed by atoms with Gasteiger partial charge in [0, 0.05) is 16.5 Å². The van der Waals surface area contributed by atoms with E-state index in [2.05, 4.69) is 10.1 Å². The van der Waals surface area contributed by atoms with Crippen molar-refractivity contribution in [3.05, 3.63) is 59.0 Å². The molecule has 1 aliphatic heterocycles. The van der Waals surface area contributed by atoms with Crippen LogP contribution >= 0.6 is 11.3 Å². The zero-order valence-electron chi connectivity index (χ0n) is 17.8. The molecule has 3 aromatic rings. The Morgan fingerprint density at radius 2 is 1.79 bits per heavy atom. The number of hydrogen-bond acceptors (Lipinski definition) is 7. The van der Waals surface area contributed by atoms with Crippen molar-refractivity contribution in [2.75, 3.05) is 19.2 Å². The van der Waals surface area contributed by atoms with Gasteiger partial charge in [-0.15, -0.1) is 11.3 Å². The molecule has 0 saturated heterocycles. The number of aliphatic hydroxyl groups is 1. The van der Waals surface area contributed by atoms with Crippen LogP contribution in [0.15, 0.2) is 52.9 Å². The maximum absolute atomic E-state index is 14.3. The highest BCUT2D eigenvalue weighted by Gasteiger charge is 2.68. The number of alkyl halides is 3. The number of benzene rings is 2. The number of rotatable bonds is 4. The number of thiazole rings is 1. The number of fused-ring (bicyclic) bond motifs is 3. The average molecular weight is 475 g/mol. The lowest BCUT2D eigenvalue weighted by Crippen LogP contribution is -2.60. The largest absolute Gasteiger partial charge is 0.497 e. The zero-order chi connectivity index (χ0) is 23.4. The fraction of sp³-hybridized carbons (Fsp3) is 0.304. The molecule has 0 radical (unpaired) electrons. The van der Waals surface area contributed by atoms with Gasteiger partial charge in [-0.3, -0.25) is 0 Å². The van der Waals surface area contributed by atoms with Gasteiger partial charge >= 0.3 is 6.18 Å². The predicted octanol–water partition coefficient (Wildman–Crippen LogP) is 4.86. The van der Waals surface area contributed by atoms with Gasteiger partial charge in [-0.1, -0.05) is 0 Å². The third-order valence-corrected chi connectivity index (χ3v) is 6.93. The number of nitrogens with zero attached hydrogens (tertiary/aromatic N) is 3. The van der Waals surface area contributed by atoms with Crippen LogP contribution in [0.25, 0.3) is 11.3 Å². The van der Waals surface area contributed by atoms with Crippen molar-refractivity contribution in [3.63, 3.8) is 0 Å². The normalized spacial score (nSPS) is 21.9. The van der Waals surface area contributed by atoms with Crippen LogP contribution in [-0.2, 0) is 6.42 Å². The summed E-state index contributed by atoms with van der Waals surface area (Å²) in [5.74, 6) is 0.0514. The number of ether oxygens (including phenoxy) is 2. The van der Waals surface area contributed by atoms with Gasteiger partial charge in [-0.05, 0) is 60.9 Å². The molecule has 2 heterocycles. The first-order chi connectivity index (χ1) is 15.8. The molecule has 5 rings (SSSR count). The van der Waals surface area contributed by atoms with Gasteiger partial charge in [-0.2, -0.15) is 23.3 Å². The Kier molecular flexibility index (Phi) is 5.09. The number of hydrogen-bond donors (Lipinski definition) is 1. The number of halogens is 3. The van der Waals surface area contributed by atoms with Gasteiger partial charge in [0.1, 0.15) is 11.5 Å². The first-order valence-electron chi connectivity index (χ1n) is 10.2. The lowest BCUT2D eigenvalue weighted by atomic mass is 9.77. The van der Waals surface area contributed by atoms with E-state index in [1.807, 2.05) is 0 Å². The monoisotopic (exact) mass is 475 g/mol. The minimum atomic E-state index is -4.95. The molecule has 172 valence electrons. The molecule has 2 aromatic carbocycles. The van der Waals surface area contributed by atoms with Crippen molar-refractivity contribution in [3.8, 4) is 22.8 Å². The van der Waals surface area contributed by atoms with Gasteiger partial charge in [0.2, 0.25) is 5.13 Å². The molecule has 0 unspecified atom stereocenters. The second-order valence-electron chi connectivity index (χ2n) is 7.88. The standard InChI is InChI=1S/C23H20F3N3O3S/c1-31-15-6-3-13(4-7-15)19-12-33-21(27-19)29-22(30,23(24,25)26)18-10-5-14-11-16(32-2)8-9-17(14)20(18)28-29/h3-4,6-9,11-12,18,30H,5,10H2,1-2H3/t18-,22-/m1/s1. The Hall–Kier alpha value is -3.11. The predicted molar refractivity (Wildman–Crippen MR) is 119 cm³/mol. The van der Waals surface area contributed by atoms with E-state index in [0.717, 1.165) is 22.5 Å². The van der Waals surface area contributed by atoms with Crippen LogP contribution in [0.4, 0.5) is 18.3 Å². The van der Waals surface area contributed by atoms with E-state index in [4.69, 9.17) is 9.47 Å². The van der Waals surface area contributed by atoms with Crippen LogP contribution in [0.1, 0.15) is 17.5 Å². The number of hydrazone groups is 1. The number of aryl methyl sites for hydroxylation is 1. The minimum Gasteiger partial charge on any atom is -0.497 e. The van der Waals surface area contributed by atoms with E-state index >= 15 is 0 Å². The van der Waals surface area contributed by atoms with Crippen LogP contribution in [0.5, 0.6) is 11.5 Å².